The zero-order valence-corrected chi connectivity index (χ0v) is 12.0. The number of hydrogen-bond donors (Lipinski definition) is 0. The van der Waals surface area contributed by atoms with E-state index in [9.17, 15) is 4.79 Å². The van der Waals surface area contributed by atoms with Crippen LogP contribution in [0.4, 0.5) is 0 Å². The fourth-order valence-corrected chi connectivity index (χ4v) is 2.04. The van der Waals surface area contributed by atoms with E-state index in [4.69, 9.17) is 4.74 Å². The summed E-state index contributed by atoms with van der Waals surface area (Å²) in [5, 5.41) is 4.18. The summed E-state index contributed by atoms with van der Waals surface area (Å²) in [6.45, 7) is 3.73. The predicted molar refractivity (Wildman–Crippen MR) is 72.3 cm³/mol. The SMILES string of the molecule is Cc1ccc(Br)cc1Oc1c(C=O)c(C)nn1C. The van der Waals surface area contributed by atoms with Gasteiger partial charge in [-0.25, -0.2) is 4.68 Å². The number of aromatic nitrogens is 2. The van der Waals surface area contributed by atoms with Crippen molar-refractivity contribution in [3.8, 4) is 11.6 Å². The first-order valence-electron chi connectivity index (χ1n) is 5.45. The molecule has 2 rings (SSSR count). The van der Waals surface area contributed by atoms with Crippen LogP contribution in [-0.4, -0.2) is 16.1 Å². The third-order valence-electron chi connectivity index (χ3n) is 2.69. The Bertz CT molecular complexity index is 605. The molecular formula is C13H13BrN2O2. The van der Waals surface area contributed by atoms with Crippen LogP contribution in [0.5, 0.6) is 11.6 Å². The second-order valence-corrected chi connectivity index (χ2v) is 4.97. The maximum atomic E-state index is 11.1. The number of hydrogen-bond acceptors (Lipinski definition) is 3. The molecule has 0 aliphatic heterocycles. The molecule has 0 saturated carbocycles. The number of rotatable bonds is 3. The Morgan fingerprint density at radius 2 is 2.11 bits per heavy atom. The average Bonchev–Trinajstić information content (AvgIpc) is 2.58. The molecule has 0 radical (unpaired) electrons. The molecule has 0 atom stereocenters. The molecule has 4 nitrogen and oxygen atoms in total. The number of ether oxygens (including phenoxy) is 1. The highest BCUT2D eigenvalue weighted by Crippen LogP contribution is 2.30. The molecule has 0 N–H and O–H groups in total. The summed E-state index contributed by atoms with van der Waals surface area (Å²) in [5.41, 5.74) is 2.14. The topological polar surface area (TPSA) is 44.1 Å². The third kappa shape index (κ3) is 2.31. The minimum Gasteiger partial charge on any atom is -0.438 e. The molecule has 0 fully saturated rings. The van der Waals surface area contributed by atoms with E-state index < -0.39 is 0 Å². The van der Waals surface area contributed by atoms with Crippen LogP contribution in [0, 0.1) is 13.8 Å². The normalized spacial score (nSPS) is 10.4. The van der Waals surface area contributed by atoms with Gasteiger partial charge in [-0.3, -0.25) is 4.79 Å². The first-order chi connectivity index (χ1) is 8.52. The maximum absolute atomic E-state index is 11.1. The molecule has 0 aliphatic rings. The second-order valence-electron chi connectivity index (χ2n) is 4.06. The van der Waals surface area contributed by atoms with Crippen molar-refractivity contribution >= 4 is 22.2 Å². The zero-order chi connectivity index (χ0) is 13.3. The molecule has 2 aromatic rings. The van der Waals surface area contributed by atoms with Gasteiger partial charge in [0.25, 0.3) is 0 Å². The lowest BCUT2D eigenvalue weighted by Gasteiger charge is -2.09. The molecule has 94 valence electrons. The Morgan fingerprint density at radius 1 is 1.39 bits per heavy atom. The van der Waals surface area contributed by atoms with Crippen LogP contribution in [0.15, 0.2) is 22.7 Å². The van der Waals surface area contributed by atoms with Crippen molar-refractivity contribution in [2.75, 3.05) is 0 Å². The Hall–Kier alpha value is -1.62. The van der Waals surface area contributed by atoms with Crippen molar-refractivity contribution in [3.63, 3.8) is 0 Å². The van der Waals surface area contributed by atoms with Crippen LogP contribution in [0.3, 0.4) is 0 Å². The molecule has 0 saturated heterocycles. The van der Waals surface area contributed by atoms with Crippen LogP contribution in [0.25, 0.3) is 0 Å². The molecule has 1 aromatic heterocycles. The predicted octanol–water partition coefficient (Wildman–Crippen LogP) is 3.40. The number of carbonyl (C=O) groups is 1. The standard InChI is InChI=1S/C13H13BrN2O2/c1-8-4-5-10(14)6-12(8)18-13-11(7-17)9(2)15-16(13)3/h4-7H,1-3H3. The van der Waals surface area contributed by atoms with Gasteiger partial charge in [-0.2, -0.15) is 5.10 Å². The number of nitrogens with zero attached hydrogens (tertiary/aromatic N) is 2. The van der Waals surface area contributed by atoms with Crippen LogP contribution < -0.4 is 4.74 Å². The summed E-state index contributed by atoms with van der Waals surface area (Å²) < 4.78 is 8.30. The molecule has 5 heteroatoms. The third-order valence-corrected chi connectivity index (χ3v) is 3.18. The Kier molecular flexibility index (Phi) is 3.52. The van der Waals surface area contributed by atoms with Gasteiger partial charge in [-0.15, -0.1) is 0 Å². The number of aryl methyl sites for hydroxylation is 3. The lowest BCUT2D eigenvalue weighted by molar-refractivity contribution is 0.112. The highest BCUT2D eigenvalue weighted by atomic mass is 79.9. The number of aldehydes is 1. The van der Waals surface area contributed by atoms with Gasteiger partial charge in [0.05, 0.1) is 11.3 Å². The van der Waals surface area contributed by atoms with Crippen LogP contribution >= 0.6 is 15.9 Å². The van der Waals surface area contributed by atoms with Crippen molar-refractivity contribution in [2.45, 2.75) is 13.8 Å². The van der Waals surface area contributed by atoms with E-state index in [1.807, 2.05) is 25.1 Å². The van der Waals surface area contributed by atoms with E-state index in [0.29, 0.717) is 22.9 Å². The summed E-state index contributed by atoms with van der Waals surface area (Å²) in [7, 11) is 1.75. The second kappa shape index (κ2) is 4.94. The molecule has 0 spiro atoms. The number of carbonyl (C=O) groups excluding carboxylic acids is 1. The van der Waals surface area contributed by atoms with E-state index in [1.54, 1.807) is 18.7 Å². The smallest absolute Gasteiger partial charge is 0.228 e. The van der Waals surface area contributed by atoms with Crippen LogP contribution in [0.1, 0.15) is 21.6 Å². The number of halogens is 1. The molecule has 0 unspecified atom stereocenters. The zero-order valence-electron chi connectivity index (χ0n) is 10.4. The molecule has 0 bridgehead atoms. The highest BCUT2D eigenvalue weighted by Gasteiger charge is 2.15. The van der Waals surface area contributed by atoms with Gasteiger partial charge in [0.15, 0.2) is 6.29 Å². The average molecular weight is 309 g/mol. The summed E-state index contributed by atoms with van der Waals surface area (Å²) in [5.74, 6) is 1.17. The first-order valence-corrected chi connectivity index (χ1v) is 6.25. The summed E-state index contributed by atoms with van der Waals surface area (Å²) in [6.07, 6.45) is 0.769. The minimum absolute atomic E-state index is 0.462. The molecule has 18 heavy (non-hydrogen) atoms. The molecule has 0 amide bonds. The van der Waals surface area contributed by atoms with Crippen molar-refractivity contribution in [1.29, 1.82) is 0 Å². The largest absolute Gasteiger partial charge is 0.438 e. The minimum atomic E-state index is 0.462. The van der Waals surface area contributed by atoms with Crippen molar-refractivity contribution in [1.82, 2.24) is 9.78 Å². The van der Waals surface area contributed by atoms with Gasteiger partial charge in [-0.1, -0.05) is 22.0 Å². The van der Waals surface area contributed by atoms with E-state index in [2.05, 4.69) is 21.0 Å². The van der Waals surface area contributed by atoms with Gasteiger partial charge >= 0.3 is 0 Å². The molecule has 0 aliphatic carbocycles. The van der Waals surface area contributed by atoms with Gasteiger partial charge in [0.2, 0.25) is 5.88 Å². The Labute approximate surface area is 114 Å². The summed E-state index contributed by atoms with van der Waals surface area (Å²) in [4.78, 5) is 11.1. The maximum Gasteiger partial charge on any atom is 0.228 e. The van der Waals surface area contributed by atoms with E-state index in [1.165, 1.54) is 0 Å². The summed E-state index contributed by atoms with van der Waals surface area (Å²) in [6, 6.07) is 5.76. The Balaban J connectivity index is 2.45. The van der Waals surface area contributed by atoms with E-state index in [0.717, 1.165) is 16.3 Å². The van der Waals surface area contributed by atoms with E-state index >= 15 is 0 Å². The van der Waals surface area contributed by atoms with Crippen LogP contribution in [0.2, 0.25) is 0 Å². The molecule has 1 aromatic carbocycles. The van der Waals surface area contributed by atoms with Gasteiger partial charge in [0, 0.05) is 11.5 Å². The first kappa shape index (κ1) is 12.8. The summed E-state index contributed by atoms with van der Waals surface area (Å²) >= 11 is 3.40. The fraction of sp³-hybridized carbons (Fsp3) is 0.231. The lowest BCUT2D eigenvalue weighted by Crippen LogP contribution is -1.98. The number of benzene rings is 1. The van der Waals surface area contributed by atoms with Gasteiger partial charge in [-0.05, 0) is 31.5 Å². The molecule has 1 heterocycles. The van der Waals surface area contributed by atoms with Crippen molar-refractivity contribution < 1.29 is 9.53 Å². The highest BCUT2D eigenvalue weighted by molar-refractivity contribution is 9.10. The monoisotopic (exact) mass is 308 g/mol. The Morgan fingerprint density at radius 3 is 2.78 bits per heavy atom. The van der Waals surface area contributed by atoms with Crippen molar-refractivity contribution in [2.24, 2.45) is 7.05 Å². The fourth-order valence-electron chi connectivity index (χ4n) is 1.70. The van der Waals surface area contributed by atoms with E-state index in [-0.39, 0.29) is 0 Å². The molecular weight excluding hydrogens is 296 g/mol. The van der Waals surface area contributed by atoms with Crippen molar-refractivity contribution in [3.05, 3.63) is 39.5 Å². The van der Waals surface area contributed by atoms with Gasteiger partial charge in [0.1, 0.15) is 5.75 Å². The van der Waals surface area contributed by atoms with Gasteiger partial charge < -0.3 is 4.74 Å². The quantitative estimate of drug-likeness (QED) is 0.816. The van der Waals surface area contributed by atoms with Crippen LogP contribution in [-0.2, 0) is 7.05 Å². The lowest BCUT2D eigenvalue weighted by atomic mass is 10.2.